The molecular formula is C25H27F3N4O3. The first kappa shape index (κ1) is 24.7. The number of carbonyl (C=O) groups is 3. The zero-order valence-corrected chi connectivity index (χ0v) is 19.3. The summed E-state index contributed by atoms with van der Waals surface area (Å²) in [7, 11) is 0. The van der Waals surface area contributed by atoms with E-state index in [1.54, 1.807) is 23.2 Å². The van der Waals surface area contributed by atoms with E-state index < -0.39 is 17.7 Å². The van der Waals surface area contributed by atoms with Gasteiger partial charge in [0.2, 0.25) is 17.7 Å². The SMILES string of the molecule is Cc1ccc(NC(=O)C2CCN(C(=O)C3CC(=O)N(Cc4cccc(C(F)(F)F)c4)C3)CC2)nc1. The molecule has 4 rings (SSSR count). The minimum atomic E-state index is -4.46. The molecule has 2 saturated heterocycles. The standard InChI is InChI=1S/C25H27F3N4O3/c1-16-5-6-21(29-13-16)30-23(34)18-7-9-31(10-8-18)24(35)19-12-22(33)32(15-19)14-17-3-2-4-20(11-17)25(26,27)28/h2-6,11,13,18-19H,7-10,12,14-15H2,1H3,(H,29,30,34). The fraction of sp³-hybridized carbons (Fsp3) is 0.440. The van der Waals surface area contributed by atoms with Crippen molar-refractivity contribution in [2.24, 2.45) is 11.8 Å². The van der Waals surface area contributed by atoms with Crippen molar-refractivity contribution in [1.29, 1.82) is 0 Å². The summed E-state index contributed by atoms with van der Waals surface area (Å²) in [6, 6.07) is 8.49. The summed E-state index contributed by atoms with van der Waals surface area (Å²) in [6.07, 6.45) is -1.72. The van der Waals surface area contributed by atoms with E-state index >= 15 is 0 Å². The zero-order chi connectivity index (χ0) is 25.2. The zero-order valence-electron chi connectivity index (χ0n) is 19.3. The lowest BCUT2D eigenvalue weighted by molar-refractivity contribution is -0.138. The van der Waals surface area contributed by atoms with Crippen molar-refractivity contribution < 1.29 is 27.6 Å². The third kappa shape index (κ3) is 5.98. The second-order valence-corrected chi connectivity index (χ2v) is 9.18. The number of hydrogen-bond donors (Lipinski definition) is 1. The van der Waals surface area contributed by atoms with Crippen molar-refractivity contribution >= 4 is 23.5 Å². The Morgan fingerprint density at radius 3 is 2.51 bits per heavy atom. The summed E-state index contributed by atoms with van der Waals surface area (Å²) < 4.78 is 38.9. The Kier molecular flexibility index (Phi) is 7.09. The Morgan fingerprint density at radius 2 is 1.86 bits per heavy atom. The number of aromatic nitrogens is 1. The number of alkyl halides is 3. The summed E-state index contributed by atoms with van der Waals surface area (Å²) in [5.41, 5.74) is 0.601. The number of benzene rings is 1. The highest BCUT2D eigenvalue weighted by Gasteiger charge is 2.38. The van der Waals surface area contributed by atoms with Crippen molar-refractivity contribution in [2.75, 3.05) is 25.0 Å². The molecule has 7 nitrogen and oxygen atoms in total. The lowest BCUT2D eigenvalue weighted by Gasteiger charge is -2.32. The topological polar surface area (TPSA) is 82.6 Å². The summed E-state index contributed by atoms with van der Waals surface area (Å²) in [5, 5.41) is 2.81. The first-order valence-electron chi connectivity index (χ1n) is 11.6. The largest absolute Gasteiger partial charge is 0.416 e. The van der Waals surface area contributed by atoms with Crippen LogP contribution in [0.3, 0.4) is 0 Å². The van der Waals surface area contributed by atoms with Crippen LogP contribution >= 0.6 is 0 Å². The van der Waals surface area contributed by atoms with E-state index in [1.165, 1.54) is 11.0 Å². The first-order valence-corrected chi connectivity index (χ1v) is 11.6. The summed E-state index contributed by atoms with van der Waals surface area (Å²) >= 11 is 0. The molecule has 0 radical (unpaired) electrons. The fourth-order valence-corrected chi connectivity index (χ4v) is 4.55. The average molecular weight is 489 g/mol. The van der Waals surface area contributed by atoms with Crippen LogP contribution in [-0.4, -0.2) is 52.1 Å². The van der Waals surface area contributed by atoms with Gasteiger partial charge in [-0.25, -0.2) is 4.98 Å². The second kappa shape index (κ2) is 10.1. The molecule has 10 heteroatoms. The van der Waals surface area contributed by atoms with Gasteiger partial charge in [-0.05, 0) is 49.1 Å². The number of likely N-dealkylation sites (tertiary alicyclic amines) is 2. The summed E-state index contributed by atoms with van der Waals surface area (Å²) in [5.74, 6) is -0.800. The maximum absolute atomic E-state index is 13.0. The van der Waals surface area contributed by atoms with Crippen LogP contribution in [0.2, 0.25) is 0 Å². The number of nitrogens with zero attached hydrogens (tertiary/aromatic N) is 3. The molecule has 1 atom stereocenters. The van der Waals surface area contributed by atoms with E-state index in [9.17, 15) is 27.6 Å². The van der Waals surface area contributed by atoms with Crippen LogP contribution < -0.4 is 5.32 Å². The number of piperidine rings is 1. The molecule has 0 spiro atoms. The minimum absolute atomic E-state index is 0.0296. The number of amides is 3. The van der Waals surface area contributed by atoms with Gasteiger partial charge in [-0.2, -0.15) is 13.2 Å². The van der Waals surface area contributed by atoms with Crippen LogP contribution in [0.1, 0.15) is 36.0 Å². The molecule has 0 bridgehead atoms. The number of carbonyl (C=O) groups excluding carboxylic acids is 3. The second-order valence-electron chi connectivity index (χ2n) is 9.18. The van der Waals surface area contributed by atoms with Gasteiger partial charge in [0.25, 0.3) is 0 Å². The van der Waals surface area contributed by atoms with E-state index in [1.807, 2.05) is 13.0 Å². The van der Waals surface area contributed by atoms with Crippen LogP contribution in [0, 0.1) is 18.8 Å². The number of rotatable bonds is 5. The van der Waals surface area contributed by atoms with E-state index in [2.05, 4.69) is 10.3 Å². The third-order valence-electron chi connectivity index (χ3n) is 6.53. The number of halogens is 3. The maximum atomic E-state index is 13.0. The quantitative estimate of drug-likeness (QED) is 0.697. The monoisotopic (exact) mass is 488 g/mol. The van der Waals surface area contributed by atoms with Crippen molar-refractivity contribution in [3.8, 4) is 0 Å². The van der Waals surface area contributed by atoms with E-state index in [0.717, 1.165) is 17.7 Å². The number of pyridine rings is 1. The normalized spacial score (nSPS) is 19.2. The minimum Gasteiger partial charge on any atom is -0.342 e. The summed E-state index contributed by atoms with van der Waals surface area (Å²) in [4.78, 5) is 45.3. The Bertz CT molecular complexity index is 1100. The molecule has 1 N–H and O–H groups in total. The highest BCUT2D eigenvalue weighted by atomic mass is 19.4. The molecule has 2 aliphatic rings. The maximum Gasteiger partial charge on any atom is 0.416 e. The van der Waals surface area contributed by atoms with Crippen LogP contribution in [0.5, 0.6) is 0 Å². The lowest BCUT2D eigenvalue weighted by Crippen LogP contribution is -2.44. The predicted molar refractivity (Wildman–Crippen MR) is 122 cm³/mol. The Morgan fingerprint density at radius 1 is 1.11 bits per heavy atom. The predicted octanol–water partition coefficient (Wildman–Crippen LogP) is 3.63. The molecule has 186 valence electrons. The molecule has 3 amide bonds. The molecule has 2 aliphatic heterocycles. The van der Waals surface area contributed by atoms with Crippen molar-refractivity contribution in [3.63, 3.8) is 0 Å². The van der Waals surface area contributed by atoms with Crippen LogP contribution in [0.4, 0.5) is 19.0 Å². The van der Waals surface area contributed by atoms with Crippen LogP contribution in [0.25, 0.3) is 0 Å². The van der Waals surface area contributed by atoms with E-state index in [0.29, 0.717) is 37.3 Å². The van der Waals surface area contributed by atoms with Crippen LogP contribution in [0.15, 0.2) is 42.6 Å². The van der Waals surface area contributed by atoms with Crippen molar-refractivity contribution in [1.82, 2.24) is 14.8 Å². The molecule has 2 fully saturated rings. The van der Waals surface area contributed by atoms with Gasteiger partial charge in [-0.15, -0.1) is 0 Å². The van der Waals surface area contributed by atoms with Gasteiger partial charge in [0.05, 0.1) is 11.5 Å². The molecule has 3 heterocycles. The number of hydrogen-bond acceptors (Lipinski definition) is 4. The highest BCUT2D eigenvalue weighted by molar-refractivity contribution is 5.92. The van der Waals surface area contributed by atoms with Gasteiger partial charge in [0, 0.05) is 44.7 Å². The molecule has 1 aromatic carbocycles. The molecule has 0 saturated carbocycles. The Hall–Kier alpha value is -3.43. The fourth-order valence-electron chi connectivity index (χ4n) is 4.55. The van der Waals surface area contributed by atoms with E-state index in [4.69, 9.17) is 0 Å². The van der Waals surface area contributed by atoms with Crippen LogP contribution in [-0.2, 0) is 27.1 Å². The highest BCUT2D eigenvalue weighted by Crippen LogP contribution is 2.31. The van der Waals surface area contributed by atoms with Gasteiger partial charge in [-0.1, -0.05) is 18.2 Å². The smallest absolute Gasteiger partial charge is 0.342 e. The van der Waals surface area contributed by atoms with Crippen molar-refractivity contribution in [2.45, 2.75) is 38.9 Å². The Labute approximate surface area is 201 Å². The third-order valence-corrected chi connectivity index (χ3v) is 6.53. The van der Waals surface area contributed by atoms with Gasteiger partial charge in [0.1, 0.15) is 5.82 Å². The van der Waals surface area contributed by atoms with Gasteiger partial charge in [0.15, 0.2) is 0 Å². The van der Waals surface area contributed by atoms with Gasteiger partial charge >= 0.3 is 6.18 Å². The molecule has 35 heavy (non-hydrogen) atoms. The number of nitrogens with one attached hydrogen (secondary N) is 1. The summed E-state index contributed by atoms with van der Waals surface area (Å²) in [6.45, 7) is 2.94. The average Bonchev–Trinajstić information content (AvgIpc) is 3.19. The van der Waals surface area contributed by atoms with Gasteiger partial charge in [-0.3, -0.25) is 14.4 Å². The Balaban J connectivity index is 1.28. The molecular weight excluding hydrogens is 461 g/mol. The molecule has 0 aliphatic carbocycles. The van der Waals surface area contributed by atoms with Gasteiger partial charge < -0.3 is 15.1 Å². The lowest BCUT2D eigenvalue weighted by atomic mass is 9.94. The first-order chi connectivity index (χ1) is 16.6. The van der Waals surface area contributed by atoms with Crippen molar-refractivity contribution in [3.05, 3.63) is 59.3 Å². The molecule has 1 aromatic heterocycles. The molecule has 1 unspecified atom stereocenters. The number of aryl methyl sites for hydroxylation is 1. The molecule has 2 aromatic rings. The van der Waals surface area contributed by atoms with E-state index in [-0.39, 0.29) is 43.1 Å². The number of anilines is 1.